The van der Waals surface area contributed by atoms with Crippen LogP contribution in [0, 0.1) is 29.1 Å². The normalized spacial score (nSPS) is 30.0. The molecular weight excluding hydrogens is 435 g/mol. The number of para-hydroxylation sites is 1. The minimum atomic E-state index is -4.79. The molecule has 0 radical (unpaired) electrons. The highest BCUT2D eigenvalue weighted by molar-refractivity contribution is 5.54. The van der Waals surface area contributed by atoms with Crippen LogP contribution in [0.3, 0.4) is 0 Å². The first-order valence-corrected chi connectivity index (χ1v) is 11.0. The van der Waals surface area contributed by atoms with Gasteiger partial charge in [-0.05, 0) is 55.9 Å². The summed E-state index contributed by atoms with van der Waals surface area (Å²) in [5, 5.41) is 26.7. The molecule has 1 heterocycles. The maximum absolute atomic E-state index is 12.7. The molecule has 4 fully saturated rings. The zero-order valence-corrected chi connectivity index (χ0v) is 17.8. The lowest BCUT2D eigenvalue weighted by molar-refractivity contribution is -0.274. The third kappa shape index (κ3) is 4.55. The molecule has 1 aromatic heterocycles. The number of aliphatic hydroxyl groups is 1. The Morgan fingerprint density at radius 2 is 1.91 bits per heavy atom. The monoisotopic (exact) mass is 459 g/mol. The van der Waals surface area contributed by atoms with Crippen molar-refractivity contribution in [2.24, 2.45) is 17.8 Å². The first kappa shape index (κ1) is 21.8. The number of nitrogens with one attached hydrogen (secondary N) is 2. The van der Waals surface area contributed by atoms with E-state index in [4.69, 9.17) is 0 Å². The molecule has 10 heteroatoms. The van der Waals surface area contributed by atoms with Crippen molar-refractivity contribution in [1.82, 2.24) is 9.97 Å². The number of nitrogens with zero attached hydrogens (tertiary/aromatic N) is 3. The average molecular weight is 459 g/mol. The second-order valence-electron chi connectivity index (χ2n) is 9.44. The van der Waals surface area contributed by atoms with E-state index in [0.29, 0.717) is 34.7 Å². The molecule has 6 rings (SSSR count). The summed E-state index contributed by atoms with van der Waals surface area (Å²) in [4.78, 5) is 8.59. The van der Waals surface area contributed by atoms with Crippen molar-refractivity contribution < 1.29 is 23.0 Å². The first-order chi connectivity index (χ1) is 15.7. The van der Waals surface area contributed by atoms with Gasteiger partial charge in [-0.15, -0.1) is 13.2 Å². The topological polar surface area (TPSA) is 103 Å². The van der Waals surface area contributed by atoms with Gasteiger partial charge in [0.2, 0.25) is 5.95 Å². The van der Waals surface area contributed by atoms with Crippen LogP contribution in [-0.4, -0.2) is 33.1 Å². The molecule has 4 bridgehead atoms. The molecule has 4 saturated carbocycles. The van der Waals surface area contributed by atoms with Crippen molar-refractivity contribution in [2.45, 2.75) is 56.7 Å². The molecule has 4 aliphatic rings. The van der Waals surface area contributed by atoms with Gasteiger partial charge in [0.25, 0.3) is 0 Å². The second kappa shape index (κ2) is 8.06. The molecule has 3 N–H and O–H groups in total. The predicted molar refractivity (Wildman–Crippen MR) is 113 cm³/mol. The van der Waals surface area contributed by atoms with Crippen LogP contribution in [0.4, 0.5) is 24.9 Å². The number of anilines is 2. The number of hydrogen-bond donors (Lipinski definition) is 3. The Bertz CT molecular complexity index is 1070. The lowest BCUT2D eigenvalue weighted by Gasteiger charge is -2.58. The summed E-state index contributed by atoms with van der Waals surface area (Å²) in [5.41, 5.74) is 0.0391. The Balaban J connectivity index is 1.32. The smallest absolute Gasteiger partial charge is 0.405 e. The van der Waals surface area contributed by atoms with Crippen LogP contribution in [-0.2, 0) is 6.54 Å². The Labute approximate surface area is 189 Å². The molecular formula is C23H24F3N5O2. The molecule has 1 aromatic carbocycles. The van der Waals surface area contributed by atoms with Crippen LogP contribution in [0.15, 0.2) is 30.5 Å². The van der Waals surface area contributed by atoms with Crippen molar-refractivity contribution in [3.8, 4) is 11.8 Å². The predicted octanol–water partition coefficient (Wildman–Crippen LogP) is 4.21. The highest BCUT2D eigenvalue weighted by atomic mass is 19.4. The quantitative estimate of drug-likeness (QED) is 0.595. The number of rotatable bonds is 6. The number of halogens is 3. The van der Waals surface area contributed by atoms with Crippen molar-refractivity contribution in [1.29, 1.82) is 5.26 Å². The van der Waals surface area contributed by atoms with E-state index < -0.39 is 12.0 Å². The standard InChI is InChI=1S/C23H24F3N5O2/c24-23(25,26)33-18-4-2-1-3-14(18)11-28-21-29-12-17(10-27)20(31-21)30-19-15-5-13-6-16(19)9-22(32,7-13)8-15/h1-4,12-13,15-16,19,32H,5-9,11H2,(H2,28,29,30,31)/t13?,15-,16+,19+,22-. The van der Waals surface area contributed by atoms with Crippen LogP contribution in [0.2, 0.25) is 0 Å². The van der Waals surface area contributed by atoms with Gasteiger partial charge < -0.3 is 20.5 Å². The fourth-order valence-corrected chi connectivity index (χ4v) is 6.08. The van der Waals surface area contributed by atoms with Crippen molar-refractivity contribution >= 4 is 11.8 Å². The maximum atomic E-state index is 12.7. The van der Waals surface area contributed by atoms with Gasteiger partial charge in [0.15, 0.2) is 0 Å². The summed E-state index contributed by atoms with van der Waals surface area (Å²) >= 11 is 0. The lowest BCUT2D eigenvalue weighted by atomic mass is 9.52. The summed E-state index contributed by atoms with van der Waals surface area (Å²) < 4.78 is 42.1. The number of alkyl halides is 3. The van der Waals surface area contributed by atoms with E-state index >= 15 is 0 Å². The minimum Gasteiger partial charge on any atom is -0.405 e. The molecule has 5 atom stereocenters. The molecule has 7 nitrogen and oxygen atoms in total. The van der Waals surface area contributed by atoms with Gasteiger partial charge in [-0.25, -0.2) is 4.98 Å². The van der Waals surface area contributed by atoms with Gasteiger partial charge in [-0.3, -0.25) is 0 Å². The van der Waals surface area contributed by atoms with Crippen LogP contribution in [0.1, 0.15) is 43.2 Å². The van der Waals surface area contributed by atoms with E-state index in [1.54, 1.807) is 6.07 Å². The highest BCUT2D eigenvalue weighted by Gasteiger charge is 2.54. The Hall–Kier alpha value is -3.06. The van der Waals surface area contributed by atoms with E-state index in [0.717, 1.165) is 32.1 Å². The van der Waals surface area contributed by atoms with Crippen molar-refractivity contribution in [3.63, 3.8) is 0 Å². The molecule has 4 aliphatic carbocycles. The largest absolute Gasteiger partial charge is 0.573 e. The van der Waals surface area contributed by atoms with Crippen LogP contribution in [0.5, 0.6) is 5.75 Å². The summed E-state index contributed by atoms with van der Waals surface area (Å²) in [6.45, 7) is 0.0149. The van der Waals surface area contributed by atoms with Crippen LogP contribution in [0.25, 0.3) is 0 Å². The van der Waals surface area contributed by atoms with Gasteiger partial charge in [0.05, 0.1) is 11.8 Å². The molecule has 0 saturated heterocycles. The average Bonchev–Trinajstić information content (AvgIpc) is 2.73. The maximum Gasteiger partial charge on any atom is 0.573 e. The van der Waals surface area contributed by atoms with E-state index in [1.807, 2.05) is 0 Å². The third-order valence-electron chi connectivity index (χ3n) is 7.09. The van der Waals surface area contributed by atoms with Gasteiger partial charge in [-0.2, -0.15) is 10.2 Å². The number of ether oxygens (including phenoxy) is 1. The number of nitriles is 1. The lowest BCUT2D eigenvalue weighted by Crippen LogP contribution is -2.59. The van der Waals surface area contributed by atoms with Gasteiger partial charge >= 0.3 is 6.36 Å². The molecule has 0 aliphatic heterocycles. The minimum absolute atomic E-state index is 0.0149. The van der Waals surface area contributed by atoms with Crippen molar-refractivity contribution in [2.75, 3.05) is 10.6 Å². The summed E-state index contributed by atoms with van der Waals surface area (Å²) in [6, 6.07) is 8.08. The molecule has 2 aromatic rings. The second-order valence-corrected chi connectivity index (χ2v) is 9.44. The Morgan fingerprint density at radius 1 is 1.18 bits per heavy atom. The SMILES string of the molecule is N#Cc1cnc(NCc2ccccc2OC(F)(F)F)nc1N[C@H]1[C@@H]2CC3C[C@H]1C[C@@](O)(C3)C2. The Kier molecular flexibility index (Phi) is 5.32. The molecule has 0 spiro atoms. The zero-order chi connectivity index (χ0) is 23.2. The van der Waals surface area contributed by atoms with E-state index in [-0.39, 0.29) is 24.3 Å². The molecule has 1 unspecified atom stereocenters. The highest BCUT2D eigenvalue weighted by Crippen LogP contribution is 2.56. The molecule has 33 heavy (non-hydrogen) atoms. The first-order valence-electron chi connectivity index (χ1n) is 11.0. The number of aromatic nitrogens is 2. The molecule has 0 amide bonds. The zero-order valence-electron chi connectivity index (χ0n) is 17.8. The van der Waals surface area contributed by atoms with E-state index in [2.05, 4.69) is 31.4 Å². The van der Waals surface area contributed by atoms with Gasteiger partial charge in [0.1, 0.15) is 23.2 Å². The van der Waals surface area contributed by atoms with E-state index in [9.17, 15) is 23.5 Å². The van der Waals surface area contributed by atoms with Gasteiger partial charge in [0, 0.05) is 18.2 Å². The van der Waals surface area contributed by atoms with Crippen molar-refractivity contribution in [3.05, 3.63) is 41.6 Å². The van der Waals surface area contributed by atoms with Gasteiger partial charge in [-0.1, -0.05) is 18.2 Å². The summed E-state index contributed by atoms with van der Waals surface area (Å²) in [6.07, 6.45) is 1.13. The third-order valence-corrected chi connectivity index (χ3v) is 7.09. The number of hydrogen-bond acceptors (Lipinski definition) is 7. The fraction of sp³-hybridized carbons (Fsp3) is 0.522. The molecule has 174 valence electrons. The summed E-state index contributed by atoms with van der Waals surface area (Å²) in [7, 11) is 0. The van der Waals surface area contributed by atoms with Crippen LogP contribution >= 0.6 is 0 Å². The number of benzene rings is 1. The fourth-order valence-electron chi connectivity index (χ4n) is 6.08. The summed E-state index contributed by atoms with van der Waals surface area (Å²) in [5.74, 6) is 1.51. The van der Waals surface area contributed by atoms with E-state index in [1.165, 1.54) is 24.4 Å². The van der Waals surface area contributed by atoms with Crippen LogP contribution < -0.4 is 15.4 Å². The Morgan fingerprint density at radius 3 is 2.58 bits per heavy atom.